The van der Waals surface area contributed by atoms with E-state index in [0.717, 1.165) is 11.3 Å². The van der Waals surface area contributed by atoms with Crippen molar-refractivity contribution in [1.29, 1.82) is 0 Å². The lowest BCUT2D eigenvalue weighted by Gasteiger charge is -2.03. The molecular formula is C15H13N3O3. The minimum absolute atomic E-state index is 0.316. The molecule has 0 fully saturated rings. The van der Waals surface area contributed by atoms with Crippen molar-refractivity contribution in [2.24, 2.45) is 0 Å². The third kappa shape index (κ3) is 2.84. The molecule has 21 heavy (non-hydrogen) atoms. The Morgan fingerprint density at radius 1 is 1.24 bits per heavy atom. The van der Waals surface area contributed by atoms with Gasteiger partial charge in [-0.2, -0.15) is 5.10 Å². The summed E-state index contributed by atoms with van der Waals surface area (Å²) in [5.74, 6) is 1.89. The Morgan fingerprint density at radius 3 is 2.71 bits per heavy atom. The minimum atomic E-state index is -0.316. The third-order valence-electron chi connectivity index (χ3n) is 3.04. The molecule has 3 rings (SSSR count). The predicted molar refractivity (Wildman–Crippen MR) is 76.2 cm³/mol. The highest BCUT2D eigenvalue weighted by atomic mass is 16.5. The third-order valence-corrected chi connectivity index (χ3v) is 3.04. The van der Waals surface area contributed by atoms with Gasteiger partial charge in [-0.3, -0.25) is 4.79 Å². The summed E-state index contributed by atoms with van der Waals surface area (Å²) in [7, 11) is 1.60. The van der Waals surface area contributed by atoms with E-state index < -0.39 is 0 Å². The van der Waals surface area contributed by atoms with E-state index in [4.69, 9.17) is 9.15 Å². The molecule has 1 aromatic carbocycles. The van der Waals surface area contributed by atoms with Crippen molar-refractivity contribution in [3.8, 4) is 17.1 Å². The highest BCUT2D eigenvalue weighted by Crippen LogP contribution is 2.18. The molecule has 0 saturated carbocycles. The quantitative estimate of drug-likeness (QED) is 0.792. The van der Waals surface area contributed by atoms with E-state index >= 15 is 0 Å². The smallest absolute Gasteiger partial charge is 0.286 e. The van der Waals surface area contributed by atoms with Gasteiger partial charge in [-0.05, 0) is 36.4 Å². The number of aromatic nitrogens is 3. The number of methoxy groups -OCH3 is 1. The number of rotatable bonds is 4. The fraction of sp³-hybridized carbons (Fsp3) is 0.133. The zero-order valence-electron chi connectivity index (χ0n) is 11.4. The average Bonchev–Trinajstić information content (AvgIpc) is 3.03. The van der Waals surface area contributed by atoms with Crippen molar-refractivity contribution in [2.75, 3.05) is 7.11 Å². The van der Waals surface area contributed by atoms with Gasteiger partial charge in [0.1, 0.15) is 17.2 Å². The maximum atomic E-state index is 11.8. The van der Waals surface area contributed by atoms with Crippen LogP contribution in [0.25, 0.3) is 11.4 Å². The van der Waals surface area contributed by atoms with Crippen LogP contribution in [0, 0.1) is 0 Å². The van der Waals surface area contributed by atoms with Crippen molar-refractivity contribution >= 4 is 0 Å². The van der Waals surface area contributed by atoms with E-state index in [1.807, 2.05) is 24.3 Å². The summed E-state index contributed by atoms with van der Waals surface area (Å²) in [5.41, 5.74) is 0.849. The van der Waals surface area contributed by atoms with E-state index in [9.17, 15) is 4.79 Å². The molecule has 0 radical (unpaired) electrons. The normalized spacial score (nSPS) is 10.5. The van der Waals surface area contributed by atoms with Crippen molar-refractivity contribution < 1.29 is 9.15 Å². The summed E-state index contributed by atoms with van der Waals surface area (Å²) in [6.07, 6.45) is 1.89. The van der Waals surface area contributed by atoms with Crippen LogP contribution in [-0.4, -0.2) is 22.3 Å². The van der Waals surface area contributed by atoms with Crippen molar-refractivity contribution in [1.82, 2.24) is 15.2 Å². The summed E-state index contributed by atoms with van der Waals surface area (Å²) in [6.45, 7) is 0. The van der Waals surface area contributed by atoms with Crippen LogP contribution in [0.1, 0.15) is 11.5 Å². The molecule has 0 bridgehead atoms. The lowest BCUT2D eigenvalue weighted by Crippen LogP contribution is -2.17. The number of nitrogens with one attached hydrogen (secondary N) is 1. The van der Waals surface area contributed by atoms with Crippen LogP contribution < -0.4 is 10.3 Å². The van der Waals surface area contributed by atoms with E-state index in [1.54, 1.807) is 25.5 Å². The highest BCUT2D eigenvalue weighted by molar-refractivity contribution is 5.55. The van der Waals surface area contributed by atoms with Crippen LogP contribution in [0.2, 0.25) is 0 Å². The first-order valence-corrected chi connectivity index (χ1v) is 6.38. The van der Waals surface area contributed by atoms with Crippen LogP contribution in [0.3, 0.4) is 0 Å². The molecule has 0 unspecified atom stereocenters. The lowest BCUT2D eigenvalue weighted by molar-refractivity contribution is 0.415. The molecule has 0 saturated heterocycles. The van der Waals surface area contributed by atoms with Crippen LogP contribution in [-0.2, 0) is 6.42 Å². The first kappa shape index (κ1) is 13.1. The van der Waals surface area contributed by atoms with Gasteiger partial charge in [0.25, 0.3) is 5.56 Å². The minimum Gasteiger partial charge on any atom is -0.497 e. The number of furan rings is 1. The van der Waals surface area contributed by atoms with Gasteiger partial charge in [-0.25, -0.2) is 10.1 Å². The molecule has 0 aliphatic rings. The number of nitrogens with zero attached hydrogens (tertiary/aromatic N) is 2. The number of hydrogen-bond acceptors (Lipinski definition) is 5. The number of hydrogen-bond donors (Lipinski definition) is 1. The Morgan fingerprint density at radius 2 is 2.05 bits per heavy atom. The van der Waals surface area contributed by atoms with Crippen LogP contribution in [0.4, 0.5) is 0 Å². The van der Waals surface area contributed by atoms with Gasteiger partial charge in [0.2, 0.25) is 0 Å². The number of aromatic amines is 1. The summed E-state index contributed by atoms with van der Waals surface area (Å²) < 4.78 is 10.3. The second-order valence-corrected chi connectivity index (χ2v) is 4.42. The molecule has 106 valence electrons. The monoisotopic (exact) mass is 283 g/mol. The lowest BCUT2D eigenvalue weighted by atomic mass is 10.2. The number of benzene rings is 1. The first-order chi connectivity index (χ1) is 10.3. The molecule has 0 amide bonds. The Hall–Kier alpha value is -2.89. The van der Waals surface area contributed by atoms with Gasteiger partial charge >= 0.3 is 0 Å². The molecule has 1 N–H and O–H groups in total. The van der Waals surface area contributed by atoms with Gasteiger partial charge in [-0.1, -0.05) is 0 Å². The zero-order valence-corrected chi connectivity index (χ0v) is 11.4. The standard InChI is InChI=1S/C15H13N3O3/c1-20-11-6-4-10(5-7-11)14-16-13(15(19)18-17-14)9-12-3-2-8-21-12/h2-8H,9H2,1H3,(H,18,19). The van der Waals surface area contributed by atoms with Gasteiger partial charge in [-0.15, -0.1) is 0 Å². The topological polar surface area (TPSA) is 81.0 Å². The molecule has 0 aliphatic carbocycles. The Kier molecular flexibility index (Phi) is 3.51. The van der Waals surface area contributed by atoms with Crippen LogP contribution >= 0.6 is 0 Å². The van der Waals surface area contributed by atoms with E-state index in [1.165, 1.54) is 0 Å². The number of ether oxygens (including phenoxy) is 1. The summed E-state index contributed by atoms with van der Waals surface area (Å²) in [6, 6.07) is 10.9. The Bertz CT molecular complexity index is 777. The fourth-order valence-electron chi connectivity index (χ4n) is 1.94. The van der Waals surface area contributed by atoms with Gasteiger partial charge in [0.15, 0.2) is 5.82 Å². The summed E-state index contributed by atoms with van der Waals surface area (Å²) >= 11 is 0. The Balaban J connectivity index is 1.94. The summed E-state index contributed by atoms with van der Waals surface area (Å²) in [4.78, 5) is 16.1. The molecule has 2 heterocycles. The van der Waals surface area contributed by atoms with Gasteiger partial charge in [0.05, 0.1) is 19.8 Å². The largest absolute Gasteiger partial charge is 0.497 e. The van der Waals surface area contributed by atoms with Gasteiger partial charge < -0.3 is 9.15 Å². The van der Waals surface area contributed by atoms with E-state index in [2.05, 4.69) is 15.2 Å². The average molecular weight is 283 g/mol. The molecule has 0 aliphatic heterocycles. The summed E-state index contributed by atoms with van der Waals surface area (Å²) in [5, 5.41) is 6.44. The molecular weight excluding hydrogens is 270 g/mol. The molecule has 6 nitrogen and oxygen atoms in total. The second-order valence-electron chi connectivity index (χ2n) is 4.42. The molecule has 6 heteroatoms. The van der Waals surface area contributed by atoms with Crippen molar-refractivity contribution in [2.45, 2.75) is 6.42 Å². The maximum Gasteiger partial charge on any atom is 0.286 e. The molecule has 3 aromatic rings. The zero-order chi connectivity index (χ0) is 14.7. The second kappa shape index (κ2) is 5.62. The van der Waals surface area contributed by atoms with E-state index in [-0.39, 0.29) is 5.56 Å². The Labute approximate surface area is 120 Å². The van der Waals surface area contributed by atoms with E-state index in [0.29, 0.717) is 23.7 Å². The van der Waals surface area contributed by atoms with Crippen molar-refractivity contribution in [3.05, 3.63) is 64.5 Å². The van der Waals surface area contributed by atoms with Gasteiger partial charge in [0, 0.05) is 5.56 Å². The molecule has 2 aromatic heterocycles. The van der Waals surface area contributed by atoms with Crippen LogP contribution in [0.15, 0.2) is 51.9 Å². The number of H-pyrrole nitrogens is 1. The SMILES string of the molecule is COc1ccc(-c2n[nH]c(=O)c(Cc3ccco3)n2)cc1. The molecule has 0 atom stereocenters. The van der Waals surface area contributed by atoms with Crippen LogP contribution in [0.5, 0.6) is 5.75 Å². The highest BCUT2D eigenvalue weighted by Gasteiger charge is 2.09. The predicted octanol–water partition coefficient (Wildman–Crippen LogP) is 2.02. The fourth-order valence-corrected chi connectivity index (χ4v) is 1.94. The maximum absolute atomic E-state index is 11.8. The first-order valence-electron chi connectivity index (χ1n) is 6.38. The molecule has 0 spiro atoms. The van der Waals surface area contributed by atoms with Crippen molar-refractivity contribution in [3.63, 3.8) is 0 Å².